The molecule has 0 aliphatic carbocycles. The topological polar surface area (TPSA) is 86.7 Å². The van der Waals surface area contributed by atoms with Crippen LogP contribution in [0.5, 0.6) is 0 Å². The van der Waals surface area contributed by atoms with Gasteiger partial charge in [0.1, 0.15) is 5.60 Å². The Morgan fingerprint density at radius 1 is 1.11 bits per heavy atom. The molecule has 2 amide bonds. The summed E-state index contributed by atoms with van der Waals surface area (Å²) in [5.41, 5.74) is -0.507. The molecule has 0 radical (unpaired) electrons. The van der Waals surface area contributed by atoms with Crippen LogP contribution in [0.1, 0.15) is 34.6 Å². The van der Waals surface area contributed by atoms with Crippen LogP contribution in [0.3, 0.4) is 0 Å². The summed E-state index contributed by atoms with van der Waals surface area (Å²) in [5.74, 6) is 0.763. The van der Waals surface area contributed by atoms with Gasteiger partial charge in [0.15, 0.2) is 5.96 Å². The average molecular weight is 386 g/mol. The van der Waals surface area contributed by atoms with E-state index in [1.807, 2.05) is 27.7 Å². The highest BCUT2D eigenvalue weighted by Crippen LogP contribution is 2.09. The Balaban J connectivity index is 2.44. The van der Waals surface area contributed by atoms with Gasteiger partial charge in [0.2, 0.25) is 0 Å². The summed E-state index contributed by atoms with van der Waals surface area (Å²) in [6.07, 6.45) is -0.583. The first kappa shape index (κ1) is 22.9. The van der Waals surface area contributed by atoms with Gasteiger partial charge in [-0.3, -0.25) is 4.99 Å². The smallest absolute Gasteiger partial charge is 0.410 e. The lowest BCUT2D eigenvalue weighted by Gasteiger charge is -2.36. The van der Waals surface area contributed by atoms with E-state index in [1.165, 1.54) is 0 Å². The number of carbonyl (C=O) groups excluding carboxylic acids is 2. The maximum absolute atomic E-state index is 12.2. The summed E-state index contributed by atoms with van der Waals surface area (Å²) in [4.78, 5) is 33.7. The van der Waals surface area contributed by atoms with E-state index in [0.29, 0.717) is 52.4 Å². The number of amides is 2. The molecule has 1 heterocycles. The molecule has 9 nitrogen and oxygen atoms in total. The van der Waals surface area contributed by atoms with Gasteiger partial charge in [0, 0.05) is 52.9 Å². The average Bonchev–Trinajstić information content (AvgIpc) is 2.61. The monoisotopic (exact) mass is 385 g/mol. The van der Waals surface area contributed by atoms with Crippen molar-refractivity contribution < 1.29 is 19.1 Å². The second-order valence-corrected chi connectivity index (χ2v) is 7.21. The second-order valence-electron chi connectivity index (χ2n) is 7.21. The molecule has 1 fully saturated rings. The summed E-state index contributed by atoms with van der Waals surface area (Å²) < 4.78 is 10.5. The Hall–Kier alpha value is -2.19. The van der Waals surface area contributed by atoms with Gasteiger partial charge < -0.3 is 29.5 Å². The summed E-state index contributed by atoms with van der Waals surface area (Å²) in [6, 6.07) is 0. The third kappa shape index (κ3) is 7.92. The lowest BCUT2D eigenvalue weighted by atomic mass is 10.2. The van der Waals surface area contributed by atoms with Crippen molar-refractivity contribution in [2.75, 3.05) is 59.5 Å². The number of ether oxygens (including phenoxy) is 2. The van der Waals surface area contributed by atoms with E-state index in [0.717, 1.165) is 5.96 Å². The van der Waals surface area contributed by atoms with Gasteiger partial charge in [0.25, 0.3) is 0 Å². The van der Waals surface area contributed by atoms with Crippen molar-refractivity contribution in [2.24, 2.45) is 4.99 Å². The molecule has 0 aromatic heterocycles. The number of aliphatic imine (C=N–C) groups is 1. The molecule has 1 rings (SSSR count). The number of nitrogens with one attached hydrogen (secondary N) is 1. The van der Waals surface area contributed by atoms with Gasteiger partial charge in [-0.2, -0.15) is 0 Å². The molecule has 156 valence electrons. The van der Waals surface area contributed by atoms with Gasteiger partial charge in [-0.1, -0.05) is 0 Å². The third-order valence-corrected chi connectivity index (χ3v) is 4.02. The zero-order valence-corrected chi connectivity index (χ0v) is 17.6. The van der Waals surface area contributed by atoms with Crippen LogP contribution in [0.2, 0.25) is 0 Å². The Labute approximate surface area is 162 Å². The van der Waals surface area contributed by atoms with Crippen LogP contribution < -0.4 is 5.32 Å². The number of hydrogen-bond acceptors (Lipinski definition) is 5. The number of hydrogen-bond donors (Lipinski definition) is 1. The van der Waals surface area contributed by atoms with Crippen LogP contribution in [-0.2, 0) is 9.47 Å². The van der Waals surface area contributed by atoms with Crippen LogP contribution in [0.4, 0.5) is 9.59 Å². The minimum atomic E-state index is -0.507. The first-order valence-corrected chi connectivity index (χ1v) is 9.57. The lowest BCUT2D eigenvalue weighted by molar-refractivity contribution is 0.0263. The minimum absolute atomic E-state index is 0.268. The van der Waals surface area contributed by atoms with Gasteiger partial charge in [-0.15, -0.1) is 0 Å². The van der Waals surface area contributed by atoms with E-state index in [4.69, 9.17) is 9.47 Å². The van der Waals surface area contributed by atoms with Crippen molar-refractivity contribution in [3.8, 4) is 0 Å². The molecule has 1 N–H and O–H groups in total. The quantitative estimate of drug-likeness (QED) is 0.571. The molecule has 9 heteroatoms. The van der Waals surface area contributed by atoms with E-state index in [-0.39, 0.29) is 12.2 Å². The molecule has 0 unspecified atom stereocenters. The van der Waals surface area contributed by atoms with Crippen LogP contribution in [0.15, 0.2) is 4.99 Å². The molecule has 1 aliphatic rings. The fourth-order valence-electron chi connectivity index (χ4n) is 2.66. The van der Waals surface area contributed by atoms with E-state index in [9.17, 15) is 9.59 Å². The van der Waals surface area contributed by atoms with Crippen molar-refractivity contribution in [3.05, 3.63) is 0 Å². The number of rotatable bonds is 5. The van der Waals surface area contributed by atoms with Crippen LogP contribution >= 0.6 is 0 Å². The van der Waals surface area contributed by atoms with E-state index in [2.05, 4.69) is 15.2 Å². The molecule has 0 atom stereocenters. The highest BCUT2D eigenvalue weighted by Gasteiger charge is 2.24. The zero-order chi connectivity index (χ0) is 20.4. The van der Waals surface area contributed by atoms with Crippen molar-refractivity contribution in [3.63, 3.8) is 0 Å². The van der Waals surface area contributed by atoms with E-state index in [1.54, 1.807) is 23.8 Å². The number of guanidine groups is 1. The minimum Gasteiger partial charge on any atom is -0.450 e. The van der Waals surface area contributed by atoms with Crippen molar-refractivity contribution in [1.82, 2.24) is 20.0 Å². The van der Waals surface area contributed by atoms with Gasteiger partial charge in [-0.05, 0) is 34.6 Å². The maximum Gasteiger partial charge on any atom is 0.410 e. The van der Waals surface area contributed by atoms with E-state index >= 15 is 0 Å². The van der Waals surface area contributed by atoms with Gasteiger partial charge >= 0.3 is 12.2 Å². The molecular formula is C18H35N5O4. The lowest BCUT2D eigenvalue weighted by Crippen LogP contribution is -2.54. The molecule has 27 heavy (non-hydrogen) atoms. The first-order chi connectivity index (χ1) is 12.7. The largest absolute Gasteiger partial charge is 0.450 e. The standard InChI is InChI=1S/C18H35N5O4/c1-7-21(17(25)27-18(3,4)5)10-9-20-15(19-6)22-11-13-23(14-12-22)16(24)26-8-2/h7-14H2,1-6H3,(H,19,20). The number of likely N-dealkylation sites (N-methyl/N-ethyl adjacent to an activating group) is 1. The molecular weight excluding hydrogens is 350 g/mol. The summed E-state index contributed by atoms with van der Waals surface area (Å²) in [6.45, 7) is 13.9. The second kappa shape index (κ2) is 10.8. The van der Waals surface area contributed by atoms with E-state index < -0.39 is 5.60 Å². The summed E-state index contributed by atoms with van der Waals surface area (Å²) in [7, 11) is 1.73. The maximum atomic E-state index is 12.2. The molecule has 1 aliphatic heterocycles. The highest BCUT2D eigenvalue weighted by atomic mass is 16.6. The highest BCUT2D eigenvalue weighted by molar-refractivity contribution is 5.80. The summed E-state index contributed by atoms with van der Waals surface area (Å²) in [5, 5.41) is 3.28. The van der Waals surface area contributed by atoms with Crippen molar-refractivity contribution >= 4 is 18.1 Å². The number of nitrogens with zero attached hydrogens (tertiary/aromatic N) is 4. The molecule has 1 saturated heterocycles. The molecule has 0 saturated carbocycles. The summed E-state index contributed by atoms with van der Waals surface area (Å²) >= 11 is 0. The Bertz CT molecular complexity index is 510. The number of carbonyl (C=O) groups is 2. The zero-order valence-electron chi connectivity index (χ0n) is 17.6. The normalized spacial score (nSPS) is 15.4. The van der Waals surface area contributed by atoms with Crippen molar-refractivity contribution in [1.29, 1.82) is 0 Å². The fourth-order valence-corrected chi connectivity index (χ4v) is 2.66. The molecule has 0 spiro atoms. The van der Waals surface area contributed by atoms with Gasteiger partial charge in [-0.25, -0.2) is 9.59 Å². The van der Waals surface area contributed by atoms with Crippen molar-refractivity contribution in [2.45, 2.75) is 40.2 Å². The molecule has 0 bridgehead atoms. The van der Waals surface area contributed by atoms with Crippen LogP contribution in [0.25, 0.3) is 0 Å². The Kier molecular flexibility index (Phi) is 9.17. The number of piperazine rings is 1. The van der Waals surface area contributed by atoms with Crippen LogP contribution in [-0.4, -0.2) is 97.9 Å². The Morgan fingerprint density at radius 2 is 1.70 bits per heavy atom. The Morgan fingerprint density at radius 3 is 2.19 bits per heavy atom. The third-order valence-electron chi connectivity index (χ3n) is 4.02. The van der Waals surface area contributed by atoms with Crippen LogP contribution in [0, 0.1) is 0 Å². The molecule has 0 aromatic carbocycles. The fraction of sp³-hybridized carbons (Fsp3) is 0.833. The first-order valence-electron chi connectivity index (χ1n) is 9.57. The molecule has 0 aromatic rings. The predicted molar refractivity (Wildman–Crippen MR) is 105 cm³/mol. The predicted octanol–water partition coefficient (Wildman–Crippen LogP) is 1.59. The SMILES string of the molecule is CCOC(=O)N1CCN(C(=NC)NCCN(CC)C(=O)OC(C)(C)C)CC1. The van der Waals surface area contributed by atoms with Gasteiger partial charge in [0.05, 0.1) is 6.61 Å².